The van der Waals surface area contributed by atoms with Gasteiger partial charge in [-0.15, -0.1) is 0 Å². The molecule has 3 unspecified atom stereocenters. The van der Waals surface area contributed by atoms with Gasteiger partial charge in [0.05, 0.1) is 59.4 Å². The average Bonchev–Trinajstić information content (AvgIpc) is 1.63. The van der Waals surface area contributed by atoms with Crippen LogP contribution in [0.15, 0.2) is 255 Å². The topological polar surface area (TPSA) is 315 Å². The van der Waals surface area contributed by atoms with Gasteiger partial charge in [0, 0.05) is 90.3 Å². The molecule has 12 aromatic rings. The zero-order valence-electron chi connectivity index (χ0n) is 68.9. The first-order valence-electron chi connectivity index (χ1n) is 37.6. The van der Waals surface area contributed by atoms with Gasteiger partial charge in [-0.1, -0.05) is 170 Å². The SMILES string of the molecule is CSCCN.CSCCNC(c1ccccc1)c1cccc(NC(=O)c2cc(C)nn2-c2cccc(CN)c2)c1.NCCCCCN.O=S(Cl)Cl.[B].[C-]#[N+]c1cccc(-n2nc(C)cc2C(=O)Nc2cccc(C(NCCSC)c3ccccc3)c2)c1.[C-]#[N+]c1cccc(-n2nc(C)cc2C(=O)Nc2cccc(C(O)c3ccccc3)c2)c1.[H-].[Na+]. The van der Waals surface area contributed by atoms with E-state index in [4.69, 9.17) is 40.3 Å². The van der Waals surface area contributed by atoms with E-state index in [1.165, 1.54) is 22.2 Å². The minimum atomic E-state index is -1.67. The van der Waals surface area contributed by atoms with Crippen LogP contribution in [0, 0.1) is 33.9 Å². The van der Waals surface area contributed by atoms with Crippen molar-refractivity contribution < 1.29 is 54.7 Å². The third-order valence-electron chi connectivity index (χ3n) is 17.3. The Morgan fingerprint density at radius 1 is 0.445 bits per heavy atom. The molecule has 0 aliphatic carbocycles. The van der Waals surface area contributed by atoms with Crippen molar-refractivity contribution in [1.29, 1.82) is 0 Å². The van der Waals surface area contributed by atoms with E-state index in [9.17, 15) is 19.5 Å². The Morgan fingerprint density at radius 3 is 1.11 bits per heavy atom. The first-order valence-corrected chi connectivity index (χ1v) is 44.6. The molecule has 0 bridgehead atoms. The van der Waals surface area contributed by atoms with Gasteiger partial charge in [0.25, 0.3) is 17.7 Å². The van der Waals surface area contributed by atoms with Crippen molar-refractivity contribution in [2.24, 2.45) is 22.9 Å². The number of anilines is 3. The second-order valence-electron chi connectivity index (χ2n) is 26.1. The molecule has 0 saturated carbocycles. The van der Waals surface area contributed by atoms with Crippen LogP contribution in [0.1, 0.15) is 126 Å². The fourth-order valence-corrected chi connectivity index (χ4v) is 12.8. The summed E-state index contributed by atoms with van der Waals surface area (Å²) >= 11 is 5.39. The predicted octanol–water partition coefficient (Wildman–Crippen LogP) is 14.2. The van der Waals surface area contributed by atoms with E-state index < -0.39 is 15.3 Å². The molecule has 9 aromatic carbocycles. The number of nitrogens with one attached hydrogen (secondary N) is 5. The van der Waals surface area contributed by atoms with Crippen LogP contribution in [-0.4, -0.2) is 134 Å². The number of thioether (sulfide) groups is 3. The monoisotopic (exact) mass is 1720 g/mol. The third-order valence-corrected chi connectivity index (χ3v) is 19.2. The van der Waals surface area contributed by atoms with Gasteiger partial charge >= 0.3 is 29.6 Å². The summed E-state index contributed by atoms with van der Waals surface area (Å²) in [5.74, 6) is 2.31. The van der Waals surface area contributed by atoms with Crippen molar-refractivity contribution in [3.8, 4) is 17.1 Å². The number of rotatable bonds is 30. The smallest absolute Gasteiger partial charge is 1.00 e. The fourth-order valence-electron chi connectivity index (χ4n) is 11.9. The van der Waals surface area contributed by atoms with Crippen LogP contribution < -0.4 is 79.1 Å². The second kappa shape index (κ2) is 55.4. The van der Waals surface area contributed by atoms with E-state index >= 15 is 0 Å². The summed E-state index contributed by atoms with van der Waals surface area (Å²) < 4.78 is 13.9. The van der Waals surface area contributed by atoms with E-state index in [0.717, 1.165) is 108 Å². The summed E-state index contributed by atoms with van der Waals surface area (Å²) in [5.41, 5.74) is 36.9. The van der Waals surface area contributed by atoms with Gasteiger partial charge in [0.1, 0.15) is 23.2 Å². The zero-order chi connectivity index (χ0) is 84.3. The van der Waals surface area contributed by atoms with Crippen molar-refractivity contribution in [2.45, 2.75) is 64.8 Å². The van der Waals surface area contributed by atoms with Crippen LogP contribution in [0.3, 0.4) is 0 Å². The molecule has 3 amide bonds. The van der Waals surface area contributed by atoms with E-state index in [1.54, 1.807) is 112 Å². The summed E-state index contributed by atoms with van der Waals surface area (Å²) in [6, 6.07) is 80.2. The third kappa shape index (κ3) is 33.2. The molecule has 3 radical (unpaired) electrons. The zero-order valence-corrected chi connectivity index (χ0v) is 74.7. The molecular weight excluding hydrogens is 1620 g/mol. The number of nitrogens with zero attached hydrogens (tertiary/aromatic N) is 8. The largest absolute Gasteiger partial charge is 1.00 e. The maximum absolute atomic E-state index is 13.3. The Hall–Kier alpha value is -9.44. The predicted molar refractivity (Wildman–Crippen MR) is 494 cm³/mol. The number of aryl methyl sites for hydroxylation is 3. The number of carbonyl (C=O) groups is 3. The quantitative estimate of drug-likeness (QED) is 0.00865. The van der Waals surface area contributed by atoms with Crippen molar-refractivity contribution >= 4 is 120 Å². The molecule has 30 heteroatoms. The number of aliphatic hydroxyl groups excluding tert-OH is 1. The normalized spacial score (nSPS) is 11.1. The van der Waals surface area contributed by atoms with Crippen LogP contribution >= 0.6 is 56.7 Å². The number of benzene rings is 9. The first-order chi connectivity index (χ1) is 56.8. The van der Waals surface area contributed by atoms with Gasteiger partial charge in [-0.05, 0) is 195 Å². The van der Waals surface area contributed by atoms with E-state index in [0.29, 0.717) is 69.0 Å². The van der Waals surface area contributed by atoms with Crippen LogP contribution in [0.2, 0.25) is 0 Å². The summed E-state index contributed by atoms with van der Waals surface area (Å²) in [4.78, 5) is 46.6. The molecule has 0 saturated heterocycles. The molecule has 3 atom stereocenters. The van der Waals surface area contributed by atoms with Crippen molar-refractivity contribution in [3.63, 3.8) is 0 Å². The Balaban J connectivity index is 0.000000342. The Morgan fingerprint density at radius 2 is 0.773 bits per heavy atom. The van der Waals surface area contributed by atoms with Crippen LogP contribution in [-0.2, 0) is 15.8 Å². The Bertz CT molecular complexity index is 5180. The number of aromatic nitrogens is 6. The van der Waals surface area contributed by atoms with Gasteiger partial charge in [-0.25, -0.2) is 27.9 Å². The summed E-state index contributed by atoms with van der Waals surface area (Å²) in [6.07, 6.45) is 8.89. The van der Waals surface area contributed by atoms with Gasteiger partial charge < -0.3 is 56.1 Å². The van der Waals surface area contributed by atoms with E-state index in [2.05, 4.69) is 122 Å². The molecule has 119 heavy (non-hydrogen) atoms. The molecule has 3 heterocycles. The van der Waals surface area contributed by atoms with Crippen molar-refractivity contribution in [2.75, 3.05) is 84.7 Å². The second-order valence-corrected chi connectivity index (χ2v) is 31.6. The summed E-state index contributed by atoms with van der Waals surface area (Å²) in [6.45, 7) is 24.6. The average molecular weight is 1720 g/mol. The molecule has 0 fully saturated rings. The maximum atomic E-state index is 13.3. The molecular formula is C89H102BCl2N17NaO5S4. The van der Waals surface area contributed by atoms with Crippen molar-refractivity contribution in [3.05, 3.63) is 351 Å². The number of unbranched alkanes of at least 4 members (excludes halogenated alkanes) is 2. The number of carbonyl (C=O) groups excluding carboxylic acids is 3. The molecule has 22 nitrogen and oxygen atoms in total. The summed E-state index contributed by atoms with van der Waals surface area (Å²) in [5, 5.41) is 40.4. The minimum absolute atomic E-state index is 0. The van der Waals surface area contributed by atoms with Crippen LogP contribution in [0.5, 0.6) is 0 Å². The number of amides is 3. The molecule has 0 spiro atoms. The first kappa shape index (κ1) is 100. The molecule has 14 N–H and O–H groups in total. The molecule has 12 rings (SSSR count). The van der Waals surface area contributed by atoms with Crippen molar-refractivity contribution in [1.82, 2.24) is 40.0 Å². The van der Waals surface area contributed by atoms with E-state index in [1.807, 2.05) is 178 Å². The minimum Gasteiger partial charge on any atom is -1.00 e. The van der Waals surface area contributed by atoms with Gasteiger partial charge in [-0.3, -0.25) is 14.4 Å². The maximum Gasteiger partial charge on any atom is 1.00 e. The molecule has 0 aliphatic heterocycles. The van der Waals surface area contributed by atoms with Crippen LogP contribution in [0.25, 0.3) is 26.8 Å². The van der Waals surface area contributed by atoms with Gasteiger partial charge in [0.15, 0.2) is 11.4 Å². The fraction of sp³-hybridized carbons (Fsp3) is 0.236. The Labute approximate surface area is 749 Å². The number of hydrogen-bond acceptors (Lipinski definition) is 17. The molecule has 3 aromatic heterocycles. The Kier molecular flexibility index (Phi) is 46.6. The van der Waals surface area contributed by atoms with E-state index in [-0.39, 0.29) is 69.2 Å². The number of nitrogens with two attached hydrogens (primary N) is 4. The van der Waals surface area contributed by atoms with Crippen LogP contribution in [0.4, 0.5) is 28.4 Å². The standard InChI is InChI=1S/C28H27N5OS.C28H31N5OS.C25H20N4O2.C5H14N2.C3H9NS.B.Cl2OS.Na.H/c1-20-17-26(33(32-20)25-14-8-12-23(19-25)29-2)28(34)31-24-13-7-11-22(18-24)27(30-15-16-35-3)21-9-5-4-6-10-21;1-20-16-26(33(32-20)25-13-6-8-21(17-25)19-29)28(34)31-24-12-7-11-23(18-24)27(30-14-15-35-2)22-9-4-3-5-10-22;1-17-14-23(29(28-17)22-13-7-11-20(16-22)26-2)25(31)27-21-12-6-10-19(15-21)24(30)18-8-4-3-5-9-18;6-4-2-1-3-5-7;1-5-3-2-4;;1-4(2)3;;/h4-14,17-19,27,30H,15-16H2,1,3H3,(H,31,34);3-13,16-18,27,30H,14-15,19,29H2,1-2H3,(H,31,34);3-16,24,30H,1H3,(H,27,31);1-7H2;2-4H2,1H3;;;;/q;;;;;;;+1;-1. The number of hydrogen-bond donors (Lipinski definition) is 10. The summed E-state index contributed by atoms with van der Waals surface area (Å²) in [7, 11) is 7.36. The number of halogens is 2. The molecule has 0 aliphatic rings. The number of aliphatic hydroxyl groups is 1. The molecule has 615 valence electrons. The van der Waals surface area contributed by atoms with Gasteiger partial charge in [0.2, 0.25) is 9.23 Å². The van der Waals surface area contributed by atoms with Gasteiger partial charge in [-0.2, -0.15) is 50.6 Å².